The van der Waals surface area contributed by atoms with Crippen LogP contribution in [0.2, 0.25) is 5.02 Å². The molecule has 4 rings (SSSR count). The number of aliphatic hydroxyl groups is 1. The van der Waals surface area contributed by atoms with Crippen molar-refractivity contribution in [1.82, 2.24) is 0 Å². The topological polar surface area (TPSA) is 38.7 Å². The molecule has 0 radical (unpaired) electrons. The fourth-order valence-electron chi connectivity index (χ4n) is 4.00. The average molecular weight is 485 g/mol. The van der Waals surface area contributed by atoms with Crippen LogP contribution in [0.5, 0.6) is 5.75 Å². The molecule has 4 aromatic rings. The van der Waals surface area contributed by atoms with Gasteiger partial charge in [0, 0.05) is 11.6 Å². The van der Waals surface area contributed by atoms with Crippen LogP contribution in [0.3, 0.4) is 0 Å². The van der Waals surface area contributed by atoms with Crippen molar-refractivity contribution >= 4 is 22.7 Å². The normalized spacial score (nSPS) is 11.7. The molecule has 0 saturated heterocycles. The highest BCUT2D eigenvalue weighted by atomic mass is 35.5. The quantitative estimate of drug-likeness (QED) is 0.179. The zero-order chi connectivity index (χ0) is 24.3. The molecular weight excluding hydrogens is 456 g/mol. The van der Waals surface area contributed by atoms with Crippen molar-refractivity contribution in [1.29, 1.82) is 0 Å². The minimum atomic E-state index is 0.0610. The van der Waals surface area contributed by atoms with Crippen LogP contribution in [0, 0.1) is 0 Å². The fraction of sp³-hybridized carbons (Fsp3) is 0.161. The van der Waals surface area contributed by atoms with Crippen LogP contribution in [0.4, 0.5) is 0 Å². The van der Waals surface area contributed by atoms with E-state index < -0.39 is 0 Å². The Balaban J connectivity index is 1.52. The zero-order valence-corrected chi connectivity index (χ0v) is 20.3. The maximum Gasteiger partial charge on any atom is 0.119 e. The first-order valence-electron chi connectivity index (χ1n) is 11.7. The summed E-state index contributed by atoms with van der Waals surface area (Å²) in [6, 6.07) is 36.2. The van der Waals surface area contributed by atoms with Gasteiger partial charge in [-0.25, -0.2) is 0 Å². The fourth-order valence-corrected chi connectivity index (χ4v) is 4.12. The maximum absolute atomic E-state index is 9.86. The Morgan fingerprint density at radius 3 is 1.89 bits per heavy atom. The van der Waals surface area contributed by atoms with Crippen LogP contribution >= 0.6 is 11.6 Å². The molecule has 0 saturated carbocycles. The Kier molecular flexibility index (Phi) is 9.13. The molecule has 1 N–H and O–H groups in total. The molecule has 0 heterocycles. The van der Waals surface area contributed by atoms with Crippen LogP contribution < -0.4 is 4.74 Å². The summed E-state index contributed by atoms with van der Waals surface area (Å²) in [6.07, 6.45) is 0.541. The summed E-state index contributed by atoms with van der Waals surface area (Å²) in [5.41, 5.74) is 6.48. The summed E-state index contributed by atoms with van der Waals surface area (Å²) < 4.78 is 11.6. The van der Waals surface area contributed by atoms with Gasteiger partial charge in [-0.2, -0.15) is 0 Å². The molecule has 4 heteroatoms. The minimum Gasteiger partial charge on any atom is -0.491 e. The Morgan fingerprint density at radius 2 is 1.26 bits per heavy atom. The molecule has 0 aromatic heterocycles. The van der Waals surface area contributed by atoms with Gasteiger partial charge in [0.2, 0.25) is 0 Å². The molecule has 4 aromatic carbocycles. The van der Waals surface area contributed by atoms with Gasteiger partial charge >= 0.3 is 0 Å². The van der Waals surface area contributed by atoms with Crippen molar-refractivity contribution in [2.75, 3.05) is 19.8 Å². The molecule has 0 spiro atoms. The first kappa shape index (κ1) is 24.7. The van der Waals surface area contributed by atoms with Crippen LogP contribution in [-0.2, 0) is 11.3 Å². The maximum atomic E-state index is 9.86. The standard InChI is InChI=1S/C31H29ClO3/c32-28-15-11-26(12-16-28)31(30(19-20-33)25-9-5-2-6-10-25)27-13-17-29(18-14-27)35-22-21-34-23-24-7-3-1-4-8-24/h1-18,33H,19-23H2. The number of aliphatic hydroxyl groups excluding tert-OH is 1. The van der Waals surface area contributed by atoms with Gasteiger partial charge in [-0.3, -0.25) is 0 Å². The molecule has 0 aliphatic heterocycles. The third-order valence-electron chi connectivity index (χ3n) is 5.67. The van der Waals surface area contributed by atoms with Gasteiger partial charge in [0.05, 0.1) is 13.2 Å². The second-order valence-electron chi connectivity index (χ2n) is 8.11. The van der Waals surface area contributed by atoms with Gasteiger partial charge in [-0.15, -0.1) is 0 Å². The largest absolute Gasteiger partial charge is 0.491 e. The first-order chi connectivity index (χ1) is 17.2. The van der Waals surface area contributed by atoms with E-state index in [4.69, 9.17) is 21.1 Å². The van der Waals surface area contributed by atoms with E-state index in [1.54, 1.807) is 0 Å². The van der Waals surface area contributed by atoms with Gasteiger partial charge in [0.1, 0.15) is 12.4 Å². The smallest absolute Gasteiger partial charge is 0.119 e. The van der Waals surface area contributed by atoms with Gasteiger partial charge in [-0.1, -0.05) is 96.5 Å². The molecule has 178 valence electrons. The van der Waals surface area contributed by atoms with Crippen molar-refractivity contribution in [3.05, 3.63) is 136 Å². The highest BCUT2D eigenvalue weighted by Crippen LogP contribution is 2.35. The number of rotatable bonds is 11. The molecular formula is C31H29ClO3. The van der Waals surface area contributed by atoms with Gasteiger partial charge < -0.3 is 14.6 Å². The van der Waals surface area contributed by atoms with Crippen LogP contribution in [-0.4, -0.2) is 24.9 Å². The van der Waals surface area contributed by atoms with E-state index in [0.717, 1.165) is 39.1 Å². The number of ether oxygens (including phenoxy) is 2. The molecule has 3 nitrogen and oxygen atoms in total. The first-order valence-corrected chi connectivity index (χ1v) is 12.1. The summed E-state index contributed by atoms with van der Waals surface area (Å²) in [6.45, 7) is 1.63. The van der Waals surface area contributed by atoms with Gasteiger partial charge in [-0.05, 0) is 64.1 Å². The predicted molar refractivity (Wildman–Crippen MR) is 144 cm³/mol. The predicted octanol–water partition coefficient (Wildman–Crippen LogP) is 7.28. The van der Waals surface area contributed by atoms with Crippen molar-refractivity contribution in [3.8, 4) is 5.75 Å². The second kappa shape index (κ2) is 12.9. The molecule has 0 unspecified atom stereocenters. The lowest BCUT2D eigenvalue weighted by molar-refractivity contribution is 0.0889. The Morgan fingerprint density at radius 1 is 0.657 bits per heavy atom. The lowest BCUT2D eigenvalue weighted by Crippen LogP contribution is -2.06. The average Bonchev–Trinajstić information content (AvgIpc) is 2.91. The van der Waals surface area contributed by atoms with Crippen LogP contribution in [0.15, 0.2) is 109 Å². The molecule has 0 aliphatic rings. The summed E-state index contributed by atoms with van der Waals surface area (Å²) in [5.74, 6) is 0.788. The van der Waals surface area contributed by atoms with E-state index in [1.807, 2.05) is 84.9 Å². The number of hydrogen-bond acceptors (Lipinski definition) is 3. The van der Waals surface area contributed by atoms with Crippen molar-refractivity contribution in [3.63, 3.8) is 0 Å². The van der Waals surface area contributed by atoms with E-state index in [-0.39, 0.29) is 6.61 Å². The highest BCUT2D eigenvalue weighted by molar-refractivity contribution is 6.30. The van der Waals surface area contributed by atoms with E-state index in [0.29, 0.717) is 31.3 Å². The number of benzene rings is 4. The van der Waals surface area contributed by atoms with Gasteiger partial charge in [0.25, 0.3) is 0 Å². The molecule has 35 heavy (non-hydrogen) atoms. The van der Waals surface area contributed by atoms with Crippen molar-refractivity contribution in [2.45, 2.75) is 13.0 Å². The molecule has 0 fully saturated rings. The molecule has 0 atom stereocenters. The Bertz CT molecular complexity index is 1200. The summed E-state index contributed by atoms with van der Waals surface area (Å²) >= 11 is 6.16. The molecule has 0 bridgehead atoms. The lowest BCUT2D eigenvalue weighted by Gasteiger charge is -2.17. The van der Waals surface area contributed by atoms with Crippen molar-refractivity contribution in [2.24, 2.45) is 0 Å². The Labute approximate surface area is 212 Å². The van der Waals surface area contributed by atoms with Crippen LogP contribution in [0.25, 0.3) is 11.1 Å². The summed E-state index contributed by atoms with van der Waals surface area (Å²) in [5, 5.41) is 10.5. The summed E-state index contributed by atoms with van der Waals surface area (Å²) in [4.78, 5) is 0. The van der Waals surface area contributed by atoms with Gasteiger partial charge in [0.15, 0.2) is 0 Å². The Hall–Kier alpha value is -3.37. The van der Waals surface area contributed by atoms with Crippen LogP contribution in [0.1, 0.15) is 28.7 Å². The monoisotopic (exact) mass is 484 g/mol. The van der Waals surface area contributed by atoms with E-state index in [2.05, 4.69) is 24.3 Å². The molecule has 0 amide bonds. The van der Waals surface area contributed by atoms with E-state index >= 15 is 0 Å². The minimum absolute atomic E-state index is 0.0610. The van der Waals surface area contributed by atoms with E-state index in [9.17, 15) is 5.11 Å². The third kappa shape index (κ3) is 7.06. The second-order valence-corrected chi connectivity index (χ2v) is 8.55. The highest BCUT2D eigenvalue weighted by Gasteiger charge is 2.14. The van der Waals surface area contributed by atoms with E-state index in [1.165, 1.54) is 0 Å². The van der Waals surface area contributed by atoms with Crippen molar-refractivity contribution < 1.29 is 14.6 Å². The number of halogens is 1. The number of hydrogen-bond donors (Lipinski definition) is 1. The summed E-state index contributed by atoms with van der Waals surface area (Å²) in [7, 11) is 0. The molecule has 0 aliphatic carbocycles. The third-order valence-corrected chi connectivity index (χ3v) is 5.92. The lowest BCUT2D eigenvalue weighted by atomic mass is 9.88. The zero-order valence-electron chi connectivity index (χ0n) is 19.6. The SMILES string of the molecule is OCCC(=C(c1ccc(Cl)cc1)c1ccc(OCCOCc2ccccc2)cc1)c1ccccc1.